The highest BCUT2D eigenvalue weighted by molar-refractivity contribution is 5.75. The van der Waals surface area contributed by atoms with Crippen LogP contribution in [0.3, 0.4) is 0 Å². The van der Waals surface area contributed by atoms with E-state index >= 15 is 0 Å². The molecule has 1 saturated heterocycles. The maximum Gasteiger partial charge on any atom is 0.186 e. The lowest BCUT2D eigenvalue weighted by Crippen LogP contribution is -2.59. The molecule has 2 unspecified atom stereocenters. The first-order valence-corrected chi connectivity index (χ1v) is 5.89. The van der Waals surface area contributed by atoms with Crippen LogP contribution in [0, 0.1) is 0 Å². The minimum atomic E-state index is -1.44. The second-order valence-electron chi connectivity index (χ2n) is 4.37. The third-order valence-electron chi connectivity index (χ3n) is 2.80. The molecule has 4 N–H and O–H groups in total. The van der Waals surface area contributed by atoms with E-state index in [0.29, 0.717) is 12.8 Å². The third kappa shape index (κ3) is 3.98. The van der Waals surface area contributed by atoms with E-state index in [9.17, 15) is 20.1 Å². The largest absolute Gasteiger partial charge is 0.394 e. The minimum Gasteiger partial charge on any atom is -0.394 e. The second-order valence-corrected chi connectivity index (χ2v) is 4.37. The van der Waals surface area contributed by atoms with Gasteiger partial charge in [0.25, 0.3) is 0 Å². The Bertz CT molecular complexity index is 268. The van der Waals surface area contributed by atoms with Gasteiger partial charge in [-0.15, -0.1) is 0 Å². The molecule has 5 atom stereocenters. The van der Waals surface area contributed by atoms with Crippen LogP contribution in [0.5, 0.6) is 0 Å². The van der Waals surface area contributed by atoms with Crippen LogP contribution in [0.2, 0.25) is 0 Å². The number of Topliss-reactive ketones (excluding diaryl/α,β-unsaturated/α-hetero) is 1. The van der Waals surface area contributed by atoms with Crippen molar-refractivity contribution in [2.75, 3.05) is 13.2 Å². The molecule has 7 nitrogen and oxygen atoms in total. The molecule has 0 aliphatic carbocycles. The summed E-state index contributed by atoms with van der Waals surface area (Å²) in [5.74, 6) is 0.0346. The van der Waals surface area contributed by atoms with Gasteiger partial charge in [-0.25, -0.2) is 0 Å². The molecule has 0 saturated carbocycles. The number of aliphatic hydroxyl groups excluding tert-OH is 4. The molecule has 106 valence electrons. The summed E-state index contributed by atoms with van der Waals surface area (Å²) in [5, 5.41) is 37.6. The fraction of sp³-hybridized carbons (Fsp3) is 0.909. The standard InChI is InChI=1S/C11H20O7/c1-6(13)3-2-4-17-11-10(16)9(15)8(14)7(5-12)18-11/h7-12,14-16H,2-5H2,1H3/t7?,8-,9?,10-,11+/m0/s1. The average molecular weight is 264 g/mol. The fourth-order valence-electron chi connectivity index (χ4n) is 1.73. The molecular weight excluding hydrogens is 244 g/mol. The van der Waals surface area contributed by atoms with Crippen molar-refractivity contribution in [2.45, 2.75) is 50.5 Å². The minimum absolute atomic E-state index is 0.0346. The Balaban J connectivity index is 2.41. The van der Waals surface area contributed by atoms with Crippen molar-refractivity contribution in [3.63, 3.8) is 0 Å². The van der Waals surface area contributed by atoms with Crippen molar-refractivity contribution in [1.82, 2.24) is 0 Å². The number of ketones is 1. The molecule has 0 aromatic rings. The smallest absolute Gasteiger partial charge is 0.186 e. The number of hydrogen-bond acceptors (Lipinski definition) is 7. The summed E-state index contributed by atoms with van der Waals surface area (Å²) in [6.45, 7) is 1.16. The van der Waals surface area contributed by atoms with Crippen molar-refractivity contribution in [2.24, 2.45) is 0 Å². The van der Waals surface area contributed by atoms with Crippen molar-refractivity contribution in [1.29, 1.82) is 0 Å². The van der Waals surface area contributed by atoms with Crippen LogP contribution < -0.4 is 0 Å². The normalized spacial score (nSPS) is 36.6. The fourth-order valence-corrected chi connectivity index (χ4v) is 1.73. The highest BCUT2D eigenvalue weighted by Gasteiger charge is 2.43. The lowest BCUT2D eigenvalue weighted by atomic mass is 9.99. The quantitative estimate of drug-likeness (QED) is 0.417. The summed E-state index contributed by atoms with van der Waals surface area (Å²) in [6, 6.07) is 0. The maximum atomic E-state index is 10.7. The number of rotatable bonds is 6. The molecule has 1 fully saturated rings. The van der Waals surface area contributed by atoms with Gasteiger partial charge in [0.15, 0.2) is 6.29 Å². The zero-order valence-electron chi connectivity index (χ0n) is 10.2. The summed E-state index contributed by atoms with van der Waals surface area (Å²) in [6.07, 6.45) is -5.47. The van der Waals surface area contributed by atoms with Crippen LogP contribution in [0.25, 0.3) is 0 Å². The van der Waals surface area contributed by atoms with Gasteiger partial charge >= 0.3 is 0 Å². The van der Waals surface area contributed by atoms with Crippen LogP contribution in [0.4, 0.5) is 0 Å². The summed E-state index contributed by atoms with van der Waals surface area (Å²) in [7, 11) is 0. The van der Waals surface area contributed by atoms with Crippen molar-refractivity contribution >= 4 is 5.78 Å². The first kappa shape index (κ1) is 15.5. The van der Waals surface area contributed by atoms with Crippen molar-refractivity contribution < 1.29 is 34.7 Å². The van der Waals surface area contributed by atoms with Crippen LogP contribution >= 0.6 is 0 Å². The van der Waals surface area contributed by atoms with E-state index in [-0.39, 0.29) is 12.4 Å². The molecule has 1 aliphatic rings. The number of carbonyl (C=O) groups excluding carboxylic acids is 1. The van der Waals surface area contributed by atoms with Gasteiger partial charge in [0.05, 0.1) is 13.2 Å². The number of carbonyl (C=O) groups is 1. The molecule has 0 radical (unpaired) electrons. The van der Waals surface area contributed by atoms with Gasteiger partial charge in [-0.3, -0.25) is 0 Å². The zero-order chi connectivity index (χ0) is 13.7. The highest BCUT2D eigenvalue weighted by atomic mass is 16.7. The van der Waals surface area contributed by atoms with E-state index in [0.717, 1.165) is 0 Å². The van der Waals surface area contributed by atoms with E-state index in [4.69, 9.17) is 14.6 Å². The molecule has 1 rings (SSSR count). The van der Waals surface area contributed by atoms with Gasteiger partial charge in [0.2, 0.25) is 0 Å². The summed E-state index contributed by atoms with van der Waals surface area (Å²) < 4.78 is 10.3. The SMILES string of the molecule is CC(=O)CCCO[C@@H]1OC(CO)[C@H](O)C(O)[C@@H]1O. The lowest BCUT2D eigenvalue weighted by Gasteiger charge is -2.39. The highest BCUT2D eigenvalue weighted by Crippen LogP contribution is 2.22. The Labute approximate surface area is 105 Å². The van der Waals surface area contributed by atoms with Gasteiger partial charge in [0.1, 0.15) is 30.2 Å². The van der Waals surface area contributed by atoms with Crippen LogP contribution in [0.15, 0.2) is 0 Å². The molecule has 7 heteroatoms. The molecular formula is C11H20O7. The predicted octanol–water partition coefficient (Wildman–Crippen LogP) is -1.83. The number of ether oxygens (including phenoxy) is 2. The Morgan fingerprint density at radius 1 is 1.22 bits per heavy atom. The molecule has 0 aromatic carbocycles. The van der Waals surface area contributed by atoms with Crippen LogP contribution in [-0.2, 0) is 14.3 Å². The van der Waals surface area contributed by atoms with Crippen molar-refractivity contribution in [3.05, 3.63) is 0 Å². The van der Waals surface area contributed by atoms with Crippen LogP contribution in [-0.4, -0.2) is 70.1 Å². The molecule has 0 bridgehead atoms. The monoisotopic (exact) mass is 264 g/mol. The Kier molecular flexibility index (Phi) is 6.13. The Hall–Kier alpha value is -0.570. The first-order chi connectivity index (χ1) is 8.47. The summed E-state index contributed by atoms with van der Waals surface area (Å²) in [4.78, 5) is 10.7. The molecule has 0 amide bonds. The predicted molar refractivity (Wildman–Crippen MR) is 59.6 cm³/mol. The van der Waals surface area contributed by atoms with Gasteiger partial charge in [-0.05, 0) is 13.3 Å². The zero-order valence-corrected chi connectivity index (χ0v) is 10.2. The maximum absolute atomic E-state index is 10.7. The van der Waals surface area contributed by atoms with Gasteiger partial charge in [-0.1, -0.05) is 0 Å². The average Bonchev–Trinajstić information content (AvgIpc) is 2.34. The molecule has 0 spiro atoms. The summed E-state index contributed by atoms with van der Waals surface area (Å²) >= 11 is 0. The van der Waals surface area contributed by atoms with Gasteiger partial charge in [0, 0.05) is 6.42 Å². The molecule has 1 heterocycles. The van der Waals surface area contributed by atoms with Gasteiger partial charge < -0.3 is 34.7 Å². The summed E-state index contributed by atoms with van der Waals surface area (Å²) in [5.41, 5.74) is 0. The second kappa shape index (κ2) is 7.13. The number of hydrogen-bond donors (Lipinski definition) is 4. The lowest BCUT2D eigenvalue weighted by molar-refractivity contribution is -0.301. The number of aliphatic hydroxyl groups is 4. The van der Waals surface area contributed by atoms with Crippen LogP contribution in [0.1, 0.15) is 19.8 Å². The van der Waals surface area contributed by atoms with Crippen molar-refractivity contribution in [3.8, 4) is 0 Å². The van der Waals surface area contributed by atoms with E-state index in [2.05, 4.69) is 0 Å². The van der Waals surface area contributed by atoms with E-state index in [1.165, 1.54) is 6.92 Å². The molecule has 1 aliphatic heterocycles. The first-order valence-electron chi connectivity index (χ1n) is 5.89. The third-order valence-corrected chi connectivity index (χ3v) is 2.80. The van der Waals surface area contributed by atoms with Gasteiger partial charge in [-0.2, -0.15) is 0 Å². The molecule has 0 aromatic heterocycles. The van der Waals surface area contributed by atoms with E-state index in [1.54, 1.807) is 0 Å². The Morgan fingerprint density at radius 2 is 1.89 bits per heavy atom. The molecule has 18 heavy (non-hydrogen) atoms. The topological polar surface area (TPSA) is 116 Å². The van der Waals surface area contributed by atoms with E-state index in [1.807, 2.05) is 0 Å². The van der Waals surface area contributed by atoms with E-state index < -0.39 is 37.3 Å². The Morgan fingerprint density at radius 3 is 2.44 bits per heavy atom.